The Morgan fingerprint density at radius 1 is 1.23 bits per heavy atom. The Kier molecular flexibility index (Phi) is 9.72. The Morgan fingerprint density at radius 3 is 2.62 bits per heavy atom. The van der Waals surface area contributed by atoms with Crippen molar-refractivity contribution in [2.45, 2.75) is 58.9 Å². The van der Waals surface area contributed by atoms with Crippen LogP contribution in [0.3, 0.4) is 0 Å². The normalized spacial score (nSPS) is 26.4. The quantitative estimate of drug-likeness (QED) is 0.759. The first-order chi connectivity index (χ1) is 11.9. The van der Waals surface area contributed by atoms with Gasteiger partial charge in [0.2, 0.25) is 5.91 Å². The standard InChI is InChI=1S/C19H36N4O2.ClH/c1-14(2)12-21-19(25)22-7-4-5-16(13-22)10-18(24)23-8-6-15(3)9-17(23)11-20;/h14-17H,4-13,20H2,1-3H3,(H,21,25);1H. The van der Waals surface area contributed by atoms with Gasteiger partial charge >= 0.3 is 6.03 Å². The first-order valence-electron chi connectivity index (χ1n) is 9.93. The lowest BCUT2D eigenvalue weighted by Gasteiger charge is -2.39. The fourth-order valence-corrected chi connectivity index (χ4v) is 3.99. The molecule has 7 heteroatoms. The van der Waals surface area contributed by atoms with Crippen LogP contribution in [-0.4, -0.2) is 60.5 Å². The predicted octanol–water partition coefficient (Wildman–Crippen LogP) is 2.46. The van der Waals surface area contributed by atoms with Crippen molar-refractivity contribution >= 4 is 24.3 Å². The number of carbonyl (C=O) groups is 2. The number of urea groups is 1. The van der Waals surface area contributed by atoms with Crippen LogP contribution in [0.15, 0.2) is 0 Å². The van der Waals surface area contributed by atoms with Crippen molar-refractivity contribution in [2.24, 2.45) is 23.5 Å². The molecule has 2 heterocycles. The summed E-state index contributed by atoms with van der Waals surface area (Å²) in [5, 5.41) is 2.99. The maximum absolute atomic E-state index is 12.8. The Balaban J connectivity index is 0.00000338. The molecule has 152 valence electrons. The summed E-state index contributed by atoms with van der Waals surface area (Å²) < 4.78 is 0. The second kappa shape index (κ2) is 11.0. The molecule has 0 spiro atoms. The van der Waals surface area contributed by atoms with Gasteiger partial charge in [-0.15, -0.1) is 12.4 Å². The third-order valence-corrected chi connectivity index (χ3v) is 5.50. The third-order valence-electron chi connectivity index (χ3n) is 5.50. The molecule has 26 heavy (non-hydrogen) atoms. The summed E-state index contributed by atoms with van der Waals surface area (Å²) >= 11 is 0. The number of nitrogens with two attached hydrogens (primary N) is 1. The van der Waals surface area contributed by atoms with E-state index in [1.54, 1.807) is 0 Å². The average molecular weight is 389 g/mol. The summed E-state index contributed by atoms with van der Waals surface area (Å²) in [6, 6.07) is 0.197. The monoisotopic (exact) mass is 388 g/mol. The number of likely N-dealkylation sites (tertiary alicyclic amines) is 2. The number of nitrogens with zero attached hydrogens (tertiary/aromatic N) is 2. The molecule has 0 saturated carbocycles. The smallest absolute Gasteiger partial charge is 0.317 e. The van der Waals surface area contributed by atoms with Crippen LogP contribution in [0.25, 0.3) is 0 Å². The number of amides is 3. The molecule has 0 radical (unpaired) electrons. The number of hydrogen-bond donors (Lipinski definition) is 2. The number of piperidine rings is 2. The molecule has 0 aromatic heterocycles. The Bertz CT molecular complexity index is 461. The van der Waals surface area contributed by atoms with Crippen LogP contribution < -0.4 is 11.1 Å². The minimum Gasteiger partial charge on any atom is -0.338 e. The fourth-order valence-electron chi connectivity index (χ4n) is 3.99. The lowest BCUT2D eigenvalue weighted by molar-refractivity contribution is -0.136. The van der Waals surface area contributed by atoms with Gasteiger partial charge in [-0.05, 0) is 43.4 Å². The van der Waals surface area contributed by atoms with Crippen molar-refractivity contribution in [1.82, 2.24) is 15.1 Å². The van der Waals surface area contributed by atoms with Crippen LogP contribution in [-0.2, 0) is 4.79 Å². The van der Waals surface area contributed by atoms with E-state index in [-0.39, 0.29) is 36.3 Å². The van der Waals surface area contributed by atoms with Crippen LogP contribution in [0.1, 0.15) is 52.9 Å². The summed E-state index contributed by atoms with van der Waals surface area (Å²) in [5.74, 6) is 1.58. The van der Waals surface area contributed by atoms with Crippen LogP contribution in [0.5, 0.6) is 0 Å². The molecule has 0 aliphatic carbocycles. The zero-order chi connectivity index (χ0) is 18.4. The van der Waals surface area contributed by atoms with E-state index in [0.29, 0.717) is 37.9 Å². The number of carbonyl (C=O) groups excluding carboxylic acids is 2. The molecule has 3 atom stereocenters. The van der Waals surface area contributed by atoms with Gasteiger partial charge < -0.3 is 20.9 Å². The second-order valence-electron chi connectivity index (χ2n) is 8.34. The summed E-state index contributed by atoms with van der Waals surface area (Å²) in [7, 11) is 0. The van der Waals surface area contributed by atoms with Crippen LogP contribution in [0.2, 0.25) is 0 Å². The van der Waals surface area contributed by atoms with Gasteiger partial charge in [-0.1, -0.05) is 20.8 Å². The van der Waals surface area contributed by atoms with Gasteiger partial charge in [-0.3, -0.25) is 4.79 Å². The number of hydrogen-bond acceptors (Lipinski definition) is 3. The molecule has 3 amide bonds. The number of halogens is 1. The van der Waals surface area contributed by atoms with E-state index in [1.165, 1.54) is 0 Å². The van der Waals surface area contributed by atoms with E-state index in [2.05, 4.69) is 26.1 Å². The predicted molar refractivity (Wildman–Crippen MR) is 107 cm³/mol. The fraction of sp³-hybridized carbons (Fsp3) is 0.895. The van der Waals surface area contributed by atoms with Gasteiger partial charge in [0.25, 0.3) is 0 Å². The van der Waals surface area contributed by atoms with E-state index >= 15 is 0 Å². The van der Waals surface area contributed by atoms with Crippen molar-refractivity contribution in [3.8, 4) is 0 Å². The molecule has 3 unspecified atom stereocenters. The average Bonchev–Trinajstić information content (AvgIpc) is 2.59. The highest BCUT2D eigenvalue weighted by atomic mass is 35.5. The molecule has 0 aromatic rings. The minimum absolute atomic E-state index is 0. The number of nitrogens with one attached hydrogen (secondary N) is 1. The van der Waals surface area contributed by atoms with E-state index in [9.17, 15) is 9.59 Å². The van der Waals surface area contributed by atoms with Gasteiger partial charge in [-0.2, -0.15) is 0 Å². The van der Waals surface area contributed by atoms with Gasteiger partial charge in [0.1, 0.15) is 0 Å². The van der Waals surface area contributed by atoms with Crippen molar-refractivity contribution in [1.29, 1.82) is 0 Å². The molecule has 2 aliphatic rings. The van der Waals surface area contributed by atoms with E-state index in [0.717, 1.165) is 38.8 Å². The molecule has 2 rings (SSSR count). The molecular formula is C19H37ClN4O2. The van der Waals surface area contributed by atoms with Crippen LogP contribution >= 0.6 is 12.4 Å². The SMILES string of the molecule is CC(C)CNC(=O)N1CCCC(CC(=O)N2CCC(C)CC2CN)C1.Cl. The van der Waals surface area contributed by atoms with E-state index in [1.807, 2.05) is 9.80 Å². The molecule has 0 aromatic carbocycles. The molecule has 0 bridgehead atoms. The van der Waals surface area contributed by atoms with Gasteiger partial charge in [0, 0.05) is 45.2 Å². The highest BCUT2D eigenvalue weighted by molar-refractivity contribution is 5.85. The van der Waals surface area contributed by atoms with Crippen molar-refractivity contribution in [3.05, 3.63) is 0 Å². The first-order valence-corrected chi connectivity index (χ1v) is 9.93. The zero-order valence-electron chi connectivity index (χ0n) is 16.6. The molecule has 2 fully saturated rings. The second-order valence-corrected chi connectivity index (χ2v) is 8.34. The van der Waals surface area contributed by atoms with E-state index in [4.69, 9.17) is 5.73 Å². The summed E-state index contributed by atoms with van der Waals surface area (Å²) in [6.07, 6.45) is 4.62. The summed E-state index contributed by atoms with van der Waals surface area (Å²) in [5.41, 5.74) is 5.89. The maximum atomic E-state index is 12.8. The van der Waals surface area contributed by atoms with Crippen LogP contribution in [0.4, 0.5) is 4.79 Å². The van der Waals surface area contributed by atoms with E-state index < -0.39 is 0 Å². The van der Waals surface area contributed by atoms with Gasteiger partial charge in [0.05, 0.1) is 0 Å². The third kappa shape index (κ3) is 6.62. The Morgan fingerprint density at radius 2 is 1.96 bits per heavy atom. The maximum Gasteiger partial charge on any atom is 0.317 e. The van der Waals surface area contributed by atoms with Crippen molar-refractivity contribution in [2.75, 3.05) is 32.7 Å². The molecular weight excluding hydrogens is 352 g/mol. The molecule has 6 nitrogen and oxygen atoms in total. The summed E-state index contributed by atoms with van der Waals surface area (Å²) in [6.45, 7) is 9.96. The van der Waals surface area contributed by atoms with Gasteiger partial charge in [0.15, 0.2) is 0 Å². The van der Waals surface area contributed by atoms with Crippen molar-refractivity contribution in [3.63, 3.8) is 0 Å². The summed E-state index contributed by atoms with van der Waals surface area (Å²) in [4.78, 5) is 28.9. The molecule has 3 N–H and O–H groups in total. The largest absolute Gasteiger partial charge is 0.338 e. The Hall–Kier alpha value is -1.01. The highest BCUT2D eigenvalue weighted by Gasteiger charge is 2.32. The van der Waals surface area contributed by atoms with Crippen molar-refractivity contribution < 1.29 is 9.59 Å². The molecule has 2 saturated heterocycles. The van der Waals surface area contributed by atoms with Gasteiger partial charge in [-0.25, -0.2) is 4.79 Å². The van der Waals surface area contributed by atoms with Crippen LogP contribution in [0, 0.1) is 17.8 Å². The lowest BCUT2D eigenvalue weighted by atomic mass is 9.90. The first kappa shape index (κ1) is 23.0. The lowest BCUT2D eigenvalue weighted by Crippen LogP contribution is -2.51. The molecule has 2 aliphatic heterocycles. The topological polar surface area (TPSA) is 78.7 Å². The highest BCUT2D eigenvalue weighted by Crippen LogP contribution is 2.26. The number of rotatable bonds is 5. The Labute approximate surface area is 164 Å². The zero-order valence-corrected chi connectivity index (χ0v) is 17.4. The minimum atomic E-state index is 0.